The molecular weight excluding hydrogens is 268 g/mol. The highest BCUT2D eigenvalue weighted by atomic mass is 35.5. The number of thioether (sulfide) groups is 1. The van der Waals surface area contributed by atoms with Crippen molar-refractivity contribution in [2.24, 2.45) is 5.92 Å². The second-order valence-electron chi connectivity index (χ2n) is 4.68. The van der Waals surface area contributed by atoms with Crippen molar-refractivity contribution >= 4 is 30.1 Å². The van der Waals surface area contributed by atoms with Crippen LogP contribution in [0.3, 0.4) is 0 Å². The molecule has 1 N–H and O–H groups in total. The van der Waals surface area contributed by atoms with E-state index >= 15 is 0 Å². The summed E-state index contributed by atoms with van der Waals surface area (Å²) < 4.78 is 0. The summed E-state index contributed by atoms with van der Waals surface area (Å²) in [6.07, 6.45) is 3.48. The summed E-state index contributed by atoms with van der Waals surface area (Å²) in [6.45, 7) is 8.38. The number of hydrogen-bond acceptors (Lipinski definition) is 3. The van der Waals surface area contributed by atoms with Gasteiger partial charge in [-0.2, -0.15) is 11.8 Å². The summed E-state index contributed by atoms with van der Waals surface area (Å²) >= 11 is 1.77. The Kier molecular flexibility index (Phi) is 11.0. The van der Waals surface area contributed by atoms with E-state index in [1.165, 1.54) is 0 Å². The Balaban J connectivity index is 0.00000289. The van der Waals surface area contributed by atoms with E-state index in [1.807, 2.05) is 4.90 Å². The molecule has 0 saturated carbocycles. The molecule has 0 spiro atoms. The maximum atomic E-state index is 11.9. The summed E-state index contributed by atoms with van der Waals surface area (Å²) in [7, 11) is 0. The SMILES string of the molecule is CCCSCC(=O)N1CCC(CNCC)CC1.Cl. The standard InChI is InChI=1S/C13H26N2OS.ClH/c1-3-9-17-11-13(16)15-7-5-12(6-8-15)10-14-4-2;/h12,14H,3-11H2,1-2H3;1H. The van der Waals surface area contributed by atoms with Gasteiger partial charge < -0.3 is 10.2 Å². The van der Waals surface area contributed by atoms with E-state index in [-0.39, 0.29) is 12.4 Å². The van der Waals surface area contributed by atoms with E-state index in [4.69, 9.17) is 0 Å². The molecule has 0 radical (unpaired) electrons. The number of hydrogen-bond donors (Lipinski definition) is 1. The number of amides is 1. The fourth-order valence-electron chi connectivity index (χ4n) is 2.13. The lowest BCUT2D eigenvalue weighted by Gasteiger charge is -2.32. The van der Waals surface area contributed by atoms with Crippen molar-refractivity contribution in [1.82, 2.24) is 10.2 Å². The van der Waals surface area contributed by atoms with E-state index < -0.39 is 0 Å². The molecular formula is C13H27ClN2OS. The van der Waals surface area contributed by atoms with Crippen LogP contribution in [0.15, 0.2) is 0 Å². The molecule has 1 fully saturated rings. The molecule has 0 bridgehead atoms. The minimum absolute atomic E-state index is 0. The average molecular weight is 295 g/mol. The molecule has 1 rings (SSSR count). The normalized spacial score (nSPS) is 16.4. The summed E-state index contributed by atoms with van der Waals surface area (Å²) in [4.78, 5) is 13.9. The van der Waals surface area contributed by atoms with E-state index in [0.717, 1.165) is 57.1 Å². The zero-order chi connectivity index (χ0) is 12.5. The Morgan fingerprint density at radius 1 is 1.33 bits per heavy atom. The molecule has 0 aromatic heterocycles. The Morgan fingerprint density at radius 2 is 2.00 bits per heavy atom. The van der Waals surface area contributed by atoms with Crippen LogP contribution >= 0.6 is 24.2 Å². The van der Waals surface area contributed by atoms with E-state index in [0.29, 0.717) is 11.7 Å². The second kappa shape index (κ2) is 10.9. The lowest BCUT2D eigenvalue weighted by molar-refractivity contribution is -0.129. The van der Waals surface area contributed by atoms with Crippen LogP contribution in [0.4, 0.5) is 0 Å². The van der Waals surface area contributed by atoms with Crippen molar-refractivity contribution in [2.75, 3.05) is 37.7 Å². The van der Waals surface area contributed by atoms with Crippen LogP contribution in [-0.2, 0) is 4.79 Å². The van der Waals surface area contributed by atoms with E-state index in [2.05, 4.69) is 19.2 Å². The molecule has 0 atom stereocenters. The van der Waals surface area contributed by atoms with Gasteiger partial charge in [0, 0.05) is 13.1 Å². The molecule has 0 aromatic carbocycles. The molecule has 5 heteroatoms. The van der Waals surface area contributed by atoms with Gasteiger partial charge in [0.1, 0.15) is 0 Å². The largest absolute Gasteiger partial charge is 0.342 e. The van der Waals surface area contributed by atoms with Crippen molar-refractivity contribution in [3.63, 3.8) is 0 Å². The molecule has 18 heavy (non-hydrogen) atoms. The van der Waals surface area contributed by atoms with Crippen molar-refractivity contribution < 1.29 is 4.79 Å². The Morgan fingerprint density at radius 3 is 2.56 bits per heavy atom. The highest BCUT2D eigenvalue weighted by Crippen LogP contribution is 2.17. The van der Waals surface area contributed by atoms with Gasteiger partial charge in [-0.3, -0.25) is 4.79 Å². The topological polar surface area (TPSA) is 32.3 Å². The van der Waals surface area contributed by atoms with Crippen LogP contribution in [0.25, 0.3) is 0 Å². The zero-order valence-corrected chi connectivity index (χ0v) is 13.2. The quantitative estimate of drug-likeness (QED) is 0.732. The van der Waals surface area contributed by atoms with Gasteiger partial charge in [-0.25, -0.2) is 0 Å². The first-order valence-corrected chi connectivity index (χ1v) is 7.99. The van der Waals surface area contributed by atoms with Crippen LogP contribution in [0, 0.1) is 5.92 Å². The number of nitrogens with zero attached hydrogens (tertiary/aromatic N) is 1. The number of nitrogens with one attached hydrogen (secondary N) is 1. The molecule has 0 aliphatic carbocycles. The maximum Gasteiger partial charge on any atom is 0.232 e. The van der Waals surface area contributed by atoms with Gasteiger partial charge in [0.15, 0.2) is 0 Å². The number of carbonyl (C=O) groups excluding carboxylic acids is 1. The van der Waals surface area contributed by atoms with Gasteiger partial charge >= 0.3 is 0 Å². The first-order chi connectivity index (χ1) is 8.27. The minimum Gasteiger partial charge on any atom is -0.342 e. The summed E-state index contributed by atoms with van der Waals surface area (Å²) in [5, 5.41) is 3.40. The second-order valence-corrected chi connectivity index (χ2v) is 5.79. The molecule has 1 heterocycles. The highest BCUT2D eigenvalue weighted by molar-refractivity contribution is 7.99. The van der Waals surface area contributed by atoms with Gasteiger partial charge in [-0.05, 0) is 44.0 Å². The Hall–Kier alpha value is 0.0700. The lowest BCUT2D eigenvalue weighted by atomic mass is 9.97. The Bertz CT molecular complexity index is 221. The fourth-order valence-corrected chi connectivity index (χ4v) is 2.92. The third kappa shape index (κ3) is 6.86. The van der Waals surface area contributed by atoms with E-state index in [9.17, 15) is 4.79 Å². The van der Waals surface area contributed by atoms with Crippen molar-refractivity contribution in [3.8, 4) is 0 Å². The van der Waals surface area contributed by atoms with Crippen LogP contribution in [0.5, 0.6) is 0 Å². The lowest BCUT2D eigenvalue weighted by Crippen LogP contribution is -2.41. The molecule has 3 nitrogen and oxygen atoms in total. The highest BCUT2D eigenvalue weighted by Gasteiger charge is 2.21. The van der Waals surface area contributed by atoms with Gasteiger partial charge in [0.25, 0.3) is 0 Å². The number of halogens is 1. The number of carbonyl (C=O) groups is 1. The molecule has 1 amide bonds. The summed E-state index contributed by atoms with van der Waals surface area (Å²) in [6, 6.07) is 0. The predicted molar refractivity (Wildman–Crippen MR) is 82.7 cm³/mol. The smallest absolute Gasteiger partial charge is 0.232 e. The third-order valence-corrected chi connectivity index (χ3v) is 4.37. The maximum absolute atomic E-state index is 11.9. The van der Waals surface area contributed by atoms with Crippen molar-refractivity contribution in [2.45, 2.75) is 33.1 Å². The fraction of sp³-hybridized carbons (Fsp3) is 0.923. The van der Waals surface area contributed by atoms with Crippen LogP contribution in [0.2, 0.25) is 0 Å². The van der Waals surface area contributed by atoms with Gasteiger partial charge in [0.05, 0.1) is 5.75 Å². The van der Waals surface area contributed by atoms with Gasteiger partial charge in [0.2, 0.25) is 5.91 Å². The summed E-state index contributed by atoms with van der Waals surface area (Å²) in [5.74, 6) is 2.88. The molecule has 1 aliphatic rings. The summed E-state index contributed by atoms with van der Waals surface area (Å²) in [5.41, 5.74) is 0. The molecule has 1 saturated heterocycles. The first-order valence-electron chi connectivity index (χ1n) is 6.84. The van der Waals surface area contributed by atoms with Gasteiger partial charge in [-0.15, -0.1) is 12.4 Å². The minimum atomic E-state index is 0. The van der Waals surface area contributed by atoms with Crippen LogP contribution < -0.4 is 5.32 Å². The molecule has 0 aromatic rings. The van der Waals surface area contributed by atoms with Crippen molar-refractivity contribution in [1.29, 1.82) is 0 Å². The Labute approximate surface area is 122 Å². The average Bonchev–Trinajstić information content (AvgIpc) is 2.37. The third-order valence-electron chi connectivity index (χ3n) is 3.22. The number of rotatable bonds is 7. The first kappa shape index (κ1) is 18.1. The monoisotopic (exact) mass is 294 g/mol. The molecule has 0 unspecified atom stereocenters. The molecule has 108 valence electrons. The number of piperidine rings is 1. The molecule has 1 aliphatic heterocycles. The van der Waals surface area contributed by atoms with Crippen LogP contribution in [-0.4, -0.2) is 48.5 Å². The zero-order valence-electron chi connectivity index (χ0n) is 11.6. The van der Waals surface area contributed by atoms with Crippen molar-refractivity contribution in [3.05, 3.63) is 0 Å². The van der Waals surface area contributed by atoms with E-state index in [1.54, 1.807) is 11.8 Å². The predicted octanol–water partition coefficient (Wildman–Crippen LogP) is 2.40. The van der Waals surface area contributed by atoms with Gasteiger partial charge in [-0.1, -0.05) is 13.8 Å². The number of likely N-dealkylation sites (tertiary alicyclic amines) is 1. The van der Waals surface area contributed by atoms with Crippen LogP contribution in [0.1, 0.15) is 33.1 Å².